The average Bonchev–Trinajstić information content (AvgIpc) is 3.03. The van der Waals surface area contributed by atoms with E-state index in [0.717, 1.165) is 35.4 Å². The molecule has 0 aliphatic carbocycles. The third-order valence-corrected chi connectivity index (χ3v) is 7.43. The lowest BCUT2D eigenvalue weighted by molar-refractivity contribution is 0.247. The van der Waals surface area contributed by atoms with Crippen LogP contribution in [0.4, 0.5) is 0 Å². The Hall–Kier alpha value is -4.75. The number of benzene rings is 4. The van der Waals surface area contributed by atoms with Gasteiger partial charge in [-0.3, -0.25) is 9.69 Å². The van der Waals surface area contributed by atoms with Gasteiger partial charge in [-0.15, -0.1) is 0 Å². The molecule has 1 aromatic heterocycles. The quantitative estimate of drug-likeness (QED) is 0.149. The zero-order chi connectivity index (χ0) is 30.2. The van der Waals surface area contributed by atoms with Crippen molar-refractivity contribution in [1.82, 2.24) is 4.90 Å². The van der Waals surface area contributed by atoms with Crippen LogP contribution in [0.25, 0.3) is 11.0 Å². The van der Waals surface area contributed by atoms with Crippen LogP contribution in [0.15, 0.2) is 100 Å². The summed E-state index contributed by atoms with van der Waals surface area (Å²) in [4.78, 5) is 15.3. The number of hydrogen-bond acceptors (Lipinski definition) is 7. The lowest BCUT2D eigenvalue weighted by atomic mass is 10.1. The first-order valence-corrected chi connectivity index (χ1v) is 14.3. The van der Waals surface area contributed by atoms with E-state index in [9.17, 15) is 4.79 Å². The van der Waals surface area contributed by atoms with Gasteiger partial charge in [-0.25, -0.2) is 0 Å². The Morgan fingerprint density at radius 2 is 1.42 bits per heavy atom. The molecule has 0 aliphatic rings. The van der Waals surface area contributed by atoms with Crippen molar-refractivity contribution in [2.75, 3.05) is 27.9 Å². The Kier molecular flexibility index (Phi) is 9.64. The molecule has 0 fully saturated rings. The molecule has 5 rings (SSSR count). The summed E-state index contributed by atoms with van der Waals surface area (Å²) in [6.45, 7) is 4.13. The number of hydrogen-bond donors (Lipinski definition) is 0. The Morgan fingerprint density at radius 1 is 0.698 bits per heavy atom. The first-order chi connectivity index (χ1) is 21.0. The number of nitrogens with zero attached hydrogens (tertiary/aromatic N) is 1. The molecule has 0 amide bonds. The SMILES string of the molecule is COc1ccc(COc2ccc3c(=O)cc(C)oc3c2CN(CCc2ccc(OC)c(OC)c2)Cc2ccccc2)cc1. The lowest BCUT2D eigenvalue weighted by Crippen LogP contribution is -2.26. The van der Waals surface area contributed by atoms with Crippen molar-refractivity contribution in [2.24, 2.45) is 0 Å². The molecular weight excluding hydrogens is 542 g/mol. The zero-order valence-corrected chi connectivity index (χ0v) is 25.1. The second-order valence-corrected chi connectivity index (χ2v) is 10.4. The molecule has 0 N–H and O–H groups in total. The predicted octanol–water partition coefficient (Wildman–Crippen LogP) is 6.95. The molecule has 4 aromatic carbocycles. The number of ether oxygens (including phenoxy) is 4. The van der Waals surface area contributed by atoms with Crippen molar-refractivity contribution in [2.45, 2.75) is 33.0 Å². The van der Waals surface area contributed by atoms with Crippen LogP contribution in [-0.2, 0) is 26.1 Å². The average molecular weight is 580 g/mol. The van der Waals surface area contributed by atoms with Crippen molar-refractivity contribution in [3.8, 4) is 23.0 Å². The van der Waals surface area contributed by atoms with Crippen LogP contribution < -0.4 is 24.4 Å². The molecule has 5 aromatic rings. The molecule has 1 heterocycles. The van der Waals surface area contributed by atoms with E-state index in [1.54, 1.807) is 34.3 Å². The van der Waals surface area contributed by atoms with E-state index in [-0.39, 0.29) is 5.43 Å². The summed E-state index contributed by atoms with van der Waals surface area (Å²) in [7, 11) is 4.93. The predicted molar refractivity (Wildman–Crippen MR) is 168 cm³/mol. The van der Waals surface area contributed by atoms with Gasteiger partial charge >= 0.3 is 0 Å². The van der Waals surface area contributed by atoms with Crippen molar-refractivity contribution < 1.29 is 23.4 Å². The van der Waals surface area contributed by atoms with Crippen LogP contribution in [0.1, 0.15) is 28.0 Å². The highest BCUT2D eigenvalue weighted by Gasteiger charge is 2.19. The molecule has 0 aliphatic heterocycles. The maximum absolute atomic E-state index is 13.0. The van der Waals surface area contributed by atoms with E-state index in [1.807, 2.05) is 60.7 Å². The minimum absolute atomic E-state index is 0.0679. The van der Waals surface area contributed by atoms with Gasteiger partial charge in [-0.05, 0) is 66.4 Å². The summed E-state index contributed by atoms with van der Waals surface area (Å²) < 4.78 is 28.9. The van der Waals surface area contributed by atoms with Crippen molar-refractivity contribution in [3.63, 3.8) is 0 Å². The number of fused-ring (bicyclic) bond motifs is 1. The largest absolute Gasteiger partial charge is 0.497 e. The summed E-state index contributed by atoms with van der Waals surface area (Å²) in [5, 5.41) is 0.539. The van der Waals surface area contributed by atoms with E-state index < -0.39 is 0 Å². The molecule has 0 bridgehead atoms. The molecule has 0 unspecified atom stereocenters. The van der Waals surface area contributed by atoms with Gasteiger partial charge in [0.25, 0.3) is 0 Å². The Morgan fingerprint density at radius 3 is 2.14 bits per heavy atom. The van der Waals surface area contributed by atoms with Gasteiger partial charge in [0.2, 0.25) is 0 Å². The van der Waals surface area contributed by atoms with Gasteiger partial charge in [-0.1, -0.05) is 48.5 Å². The summed E-state index contributed by atoms with van der Waals surface area (Å²) >= 11 is 0. The number of methoxy groups -OCH3 is 3. The van der Waals surface area contributed by atoms with Gasteiger partial charge in [-0.2, -0.15) is 0 Å². The minimum Gasteiger partial charge on any atom is -0.497 e. The first-order valence-electron chi connectivity index (χ1n) is 14.3. The van der Waals surface area contributed by atoms with Gasteiger partial charge in [0.15, 0.2) is 16.9 Å². The molecule has 0 radical (unpaired) electrons. The lowest BCUT2D eigenvalue weighted by Gasteiger charge is -2.25. The molecule has 43 heavy (non-hydrogen) atoms. The van der Waals surface area contributed by atoms with Crippen LogP contribution in [0.5, 0.6) is 23.0 Å². The van der Waals surface area contributed by atoms with Crippen molar-refractivity contribution in [1.29, 1.82) is 0 Å². The molecule has 0 saturated carbocycles. The highest BCUT2D eigenvalue weighted by molar-refractivity contribution is 5.82. The molecule has 0 spiro atoms. The monoisotopic (exact) mass is 579 g/mol. The second-order valence-electron chi connectivity index (χ2n) is 10.4. The van der Waals surface area contributed by atoms with Crippen molar-refractivity contribution >= 4 is 11.0 Å². The maximum atomic E-state index is 13.0. The fraction of sp³-hybridized carbons (Fsp3) is 0.250. The van der Waals surface area contributed by atoms with Gasteiger partial charge in [0.1, 0.15) is 29.4 Å². The Bertz CT molecular complexity index is 1710. The molecule has 7 heteroatoms. The summed E-state index contributed by atoms with van der Waals surface area (Å²) in [6, 6.07) is 29.4. The third kappa shape index (κ3) is 7.37. The number of aryl methyl sites for hydroxylation is 1. The summed E-state index contributed by atoms with van der Waals surface area (Å²) in [6.07, 6.45) is 0.781. The molecule has 0 saturated heterocycles. The smallest absolute Gasteiger partial charge is 0.192 e. The van der Waals surface area contributed by atoms with E-state index in [0.29, 0.717) is 53.7 Å². The summed E-state index contributed by atoms with van der Waals surface area (Å²) in [5.74, 6) is 3.44. The third-order valence-electron chi connectivity index (χ3n) is 7.43. The molecule has 0 atom stereocenters. The maximum Gasteiger partial charge on any atom is 0.192 e. The normalized spacial score (nSPS) is 11.1. The minimum atomic E-state index is -0.0679. The topological polar surface area (TPSA) is 70.4 Å². The summed E-state index contributed by atoms with van der Waals surface area (Å²) in [5.41, 5.74) is 4.66. The van der Waals surface area contributed by atoms with E-state index in [2.05, 4.69) is 23.1 Å². The van der Waals surface area contributed by atoms with E-state index in [4.69, 9.17) is 23.4 Å². The fourth-order valence-electron chi connectivity index (χ4n) is 5.14. The molecule has 222 valence electrons. The first kappa shape index (κ1) is 29.7. The van der Waals surface area contributed by atoms with E-state index in [1.165, 1.54) is 11.6 Å². The second kappa shape index (κ2) is 13.9. The van der Waals surface area contributed by atoms with Crippen molar-refractivity contribution in [3.05, 3.63) is 129 Å². The van der Waals surface area contributed by atoms with Crippen LogP contribution in [-0.4, -0.2) is 32.8 Å². The van der Waals surface area contributed by atoms with Gasteiger partial charge in [0, 0.05) is 25.7 Å². The van der Waals surface area contributed by atoms with E-state index >= 15 is 0 Å². The number of rotatable bonds is 13. The van der Waals surface area contributed by atoms with Crippen LogP contribution in [0.2, 0.25) is 0 Å². The molecule has 7 nitrogen and oxygen atoms in total. The van der Waals surface area contributed by atoms with Gasteiger partial charge < -0.3 is 23.4 Å². The Labute approximate surface area is 252 Å². The fourth-order valence-corrected chi connectivity index (χ4v) is 5.14. The Balaban J connectivity index is 1.48. The van der Waals surface area contributed by atoms with Gasteiger partial charge in [0.05, 0.1) is 32.3 Å². The molecular formula is C36H37NO6. The van der Waals surface area contributed by atoms with Crippen LogP contribution >= 0.6 is 0 Å². The van der Waals surface area contributed by atoms with Crippen LogP contribution in [0.3, 0.4) is 0 Å². The zero-order valence-electron chi connectivity index (χ0n) is 25.1. The highest BCUT2D eigenvalue weighted by Crippen LogP contribution is 2.31. The standard InChI is InChI=1S/C36H37NO6/c1-25-20-32(38)30-15-17-33(42-24-28-10-13-29(39-2)14-11-28)31(36(30)43-25)23-37(22-27-8-6-5-7-9-27)19-18-26-12-16-34(40-3)35(21-26)41-4/h5-17,20-21H,18-19,22-24H2,1-4H3. The van der Waals surface area contributed by atoms with Crippen LogP contribution in [0, 0.1) is 6.92 Å². The highest BCUT2D eigenvalue weighted by atomic mass is 16.5.